The monoisotopic (exact) mass is 367 g/mol. The summed E-state index contributed by atoms with van der Waals surface area (Å²) in [5.74, 6) is -1.76. The molecule has 4 nitrogen and oxygen atoms in total. The van der Waals surface area contributed by atoms with E-state index < -0.39 is 23.2 Å². The third-order valence-electron chi connectivity index (χ3n) is 4.24. The van der Waals surface area contributed by atoms with E-state index >= 15 is 0 Å². The fourth-order valence-corrected chi connectivity index (χ4v) is 2.86. The molecular weight excluding hydrogens is 348 g/mol. The van der Waals surface area contributed by atoms with Gasteiger partial charge in [0.15, 0.2) is 11.5 Å². The Morgan fingerprint density at radius 1 is 1.28 bits per heavy atom. The van der Waals surface area contributed by atoms with Crippen LogP contribution in [-0.4, -0.2) is 24.0 Å². The van der Waals surface area contributed by atoms with Crippen LogP contribution in [0.4, 0.5) is 14.5 Å². The van der Waals surface area contributed by atoms with Crippen LogP contribution in [-0.2, 0) is 6.42 Å². The Labute approximate surface area is 151 Å². The maximum absolute atomic E-state index is 13.5. The fraction of sp³-hybridized carbons (Fsp3) is 0.333. The number of benzene rings is 1. The molecule has 0 aliphatic carbocycles. The van der Waals surface area contributed by atoms with Crippen LogP contribution in [0, 0.1) is 17.6 Å². The molecule has 3 rings (SSSR count). The van der Waals surface area contributed by atoms with Crippen molar-refractivity contribution < 1.29 is 13.6 Å². The van der Waals surface area contributed by atoms with Gasteiger partial charge in [0.05, 0.1) is 6.20 Å². The first-order valence-electron chi connectivity index (χ1n) is 8.04. The number of nitrogens with one attached hydrogen (secondary N) is 2. The van der Waals surface area contributed by atoms with Crippen LogP contribution in [0.25, 0.3) is 0 Å². The van der Waals surface area contributed by atoms with Crippen LogP contribution < -0.4 is 10.6 Å². The van der Waals surface area contributed by atoms with Crippen LogP contribution in [0.15, 0.2) is 36.5 Å². The van der Waals surface area contributed by atoms with Crippen molar-refractivity contribution >= 4 is 24.0 Å². The Hall–Kier alpha value is -2.05. The smallest absolute Gasteiger partial charge is 0.277 e. The summed E-state index contributed by atoms with van der Waals surface area (Å²) in [7, 11) is 0. The molecule has 0 bridgehead atoms. The molecule has 1 fully saturated rings. The molecule has 0 unspecified atom stereocenters. The lowest BCUT2D eigenvalue weighted by Gasteiger charge is -2.09. The quantitative estimate of drug-likeness (QED) is 0.849. The lowest BCUT2D eigenvalue weighted by Crippen LogP contribution is -2.16. The molecule has 134 valence electrons. The molecule has 0 radical (unpaired) electrons. The molecule has 7 heteroatoms. The minimum absolute atomic E-state index is 0. The number of hydrogen-bond acceptors (Lipinski definition) is 3. The van der Waals surface area contributed by atoms with E-state index in [1.54, 1.807) is 12.1 Å². The third-order valence-corrected chi connectivity index (χ3v) is 4.24. The number of hydrogen-bond donors (Lipinski definition) is 2. The van der Waals surface area contributed by atoms with Gasteiger partial charge in [-0.25, -0.2) is 13.8 Å². The van der Waals surface area contributed by atoms with Gasteiger partial charge in [0.25, 0.3) is 5.91 Å². The third kappa shape index (κ3) is 5.21. The number of carbonyl (C=O) groups is 1. The van der Waals surface area contributed by atoms with E-state index in [4.69, 9.17) is 0 Å². The number of aromatic nitrogens is 1. The van der Waals surface area contributed by atoms with Crippen molar-refractivity contribution in [3.05, 3.63) is 59.4 Å². The van der Waals surface area contributed by atoms with Gasteiger partial charge in [-0.15, -0.1) is 12.4 Å². The molecule has 1 aliphatic rings. The molecule has 1 aliphatic heterocycles. The topological polar surface area (TPSA) is 54.0 Å². The van der Waals surface area contributed by atoms with E-state index in [0.717, 1.165) is 38.0 Å². The van der Waals surface area contributed by atoms with Gasteiger partial charge < -0.3 is 10.6 Å². The molecule has 2 aromatic rings. The molecule has 1 atom stereocenters. The highest BCUT2D eigenvalue weighted by atomic mass is 35.5. The highest BCUT2D eigenvalue weighted by Gasteiger charge is 2.15. The molecule has 25 heavy (non-hydrogen) atoms. The van der Waals surface area contributed by atoms with Crippen molar-refractivity contribution in [3.63, 3.8) is 0 Å². The van der Waals surface area contributed by atoms with Gasteiger partial charge in [0.1, 0.15) is 5.82 Å². The predicted molar refractivity (Wildman–Crippen MR) is 95.1 cm³/mol. The molecule has 0 spiro atoms. The van der Waals surface area contributed by atoms with Gasteiger partial charge in [0, 0.05) is 11.8 Å². The zero-order valence-corrected chi connectivity index (χ0v) is 14.4. The number of halogens is 3. The Morgan fingerprint density at radius 2 is 2.04 bits per heavy atom. The summed E-state index contributed by atoms with van der Waals surface area (Å²) in [5.41, 5.74) is 1.33. The van der Waals surface area contributed by atoms with Crippen molar-refractivity contribution in [1.82, 2.24) is 10.3 Å². The van der Waals surface area contributed by atoms with Gasteiger partial charge in [-0.3, -0.25) is 4.79 Å². The standard InChI is InChI=1S/C18H19F2N3O.ClH/c19-14-9-16(20)17(22-11-14)18(24)23-15-5-3-12(4-6-15)1-2-13-7-8-21-10-13;/h3-6,9,11,13,21H,1-2,7-8,10H2,(H,23,24);1H/t13-;/m1./s1. The Balaban J connectivity index is 0.00000225. The van der Waals surface area contributed by atoms with Crippen molar-refractivity contribution in [3.8, 4) is 0 Å². The summed E-state index contributed by atoms with van der Waals surface area (Å²) in [4.78, 5) is 15.5. The molecule has 1 aromatic heterocycles. The Morgan fingerprint density at radius 3 is 2.68 bits per heavy atom. The number of aryl methyl sites for hydroxylation is 1. The van der Waals surface area contributed by atoms with Crippen LogP contribution >= 0.6 is 12.4 Å². The zero-order chi connectivity index (χ0) is 16.9. The summed E-state index contributed by atoms with van der Waals surface area (Å²) in [6, 6.07) is 8.10. The number of amides is 1. The Bertz CT molecular complexity index is 719. The Kier molecular flexibility index (Phi) is 6.84. The average Bonchev–Trinajstić information content (AvgIpc) is 3.07. The average molecular weight is 368 g/mol. The summed E-state index contributed by atoms with van der Waals surface area (Å²) in [6.45, 7) is 2.19. The summed E-state index contributed by atoms with van der Waals surface area (Å²) in [5, 5.41) is 5.92. The molecule has 1 aromatic carbocycles. The fourth-order valence-electron chi connectivity index (χ4n) is 2.86. The summed E-state index contributed by atoms with van der Waals surface area (Å²) >= 11 is 0. The van der Waals surface area contributed by atoms with Gasteiger partial charge in [-0.05, 0) is 56.0 Å². The second kappa shape index (κ2) is 8.87. The van der Waals surface area contributed by atoms with Gasteiger partial charge in [-0.2, -0.15) is 0 Å². The molecule has 2 heterocycles. The predicted octanol–water partition coefficient (Wildman–Crippen LogP) is 3.58. The molecule has 1 amide bonds. The largest absolute Gasteiger partial charge is 0.321 e. The number of carbonyl (C=O) groups excluding carboxylic acids is 1. The highest BCUT2D eigenvalue weighted by molar-refractivity contribution is 6.03. The SMILES string of the molecule is Cl.O=C(Nc1ccc(CC[C@@H]2CCNC2)cc1)c1ncc(F)cc1F. The van der Waals surface area contributed by atoms with Gasteiger partial charge in [-0.1, -0.05) is 12.1 Å². The van der Waals surface area contributed by atoms with Gasteiger partial charge >= 0.3 is 0 Å². The second-order valence-electron chi connectivity index (χ2n) is 6.03. The van der Waals surface area contributed by atoms with Crippen molar-refractivity contribution in [1.29, 1.82) is 0 Å². The van der Waals surface area contributed by atoms with Crippen molar-refractivity contribution in [2.75, 3.05) is 18.4 Å². The van der Waals surface area contributed by atoms with E-state index in [0.29, 0.717) is 11.8 Å². The maximum atomic E-state index is 13.5. The van der Waals surface area contributed by atoms with Crippen LogP contribution in [0.3, 0.4) is 0 Å². The normalized spacial score (nSPS) is 16.3. The highest BCUT2D eigenvalue weighted by Crippen LogP contribution is 2.18. The van der Waals surface area contributed by atoms with Crippen molar-refractivity contribution in [2.24, 2.45) is 5.92 Å². The number of pyridine rings is 1. The molecule has 2 N–H and O–H groups in total. The molecular formula is C18H20ClF2N3O. The van der Waals surface area contributed by atoms with E-state index in [1.165, 1.54) is 12.0 Å². The van der Waals surface area contributed by atoms with Crippen LogP contribution in [0.5, 0.6) is 0 Å². The maximum Gasteiger partial charge on any atom is 0.277 e. The zero-order valence-electron chi connectivity index (χ0n) is 13.6. The van der Waals surface area contributed by atoms with Crippen LogP contribution in [0.2, 0.25) is 0 Å². The first kappa shape index (κ1) is 19.3. The number of nitrogens with zero attached hydrogens (tertiary/aromatic N) is 1. The lowest BCUT2D eigenvalue weighted by atomic mass is 9.99. The van der Waals surface area contributed by atoms with E-state index in [9.17, 15) is 13.6 Å². The first-order valence-corrected chi connectivity index (χ1v) is 8.04. The molecule has 0 saturated carbocycles. The van der Waals surface area contributed by atoms with E-state index in [2.05, 4.69) is 15.6 Å². The minimum Gasteiger partial charge on any atom is -0.321 e. The van der Waals surface area contributed by atoms with E-state index in [-0.39, 0.29) is 12.4 Å². The summed E-state index contributed by atoms with van der Waals surface area (Å²) in [6.07, 6.45) is 4.18. The minimum atomic E-state index is -0.978. The first-order chi connectivity index (χ1) is 11.6. The number of anilines is 1. The summed E-state index contributed by atoms with van der Waals surface area (Å²) < 4.78 is 26.4. The number of rotatable bonds is 5. The second-order valence-corrected chi connectivity index (χ2v) is 6.03. The van der Waals surface area contributed by atoms with Crippen molar-refractivity contribution in [2.45, 2.75) is 19.3 Å². The van der Waals surface area contributed by atoms with Gasteiger partial charge in [0.2, 0.25) is 0 Å². The van der Waals surface area contributed by atoms with Crippen LogP contribution in [0.1, 0.15) is 28.9 Å². The van der Waals surface area contributed by atoms with E-state index in [1.807, 2.05) is 12.1 Å². The molecule has 1 saturated heterocycles. The lowest BCUT2D eigenvalue weighted by molar-refractivity contribution is 0.101.